The van der Waals surface area contributed by atoms with Crippen LogP contribution in [0.25, 0.3) is 21.8 Å². The molecule has 3 rings (SSSR count). The minimum Gasteiger partial charge on any atom is -0.497 e. The van der Waals surface area contributed by atoms with Gasteiger partial charge >= 0.3 is 0 Å². The van der Waals surface area contributed by atoms with E-state index < -0.39 is 0 Å². The quantitative estimate of drug-likeness (QED) is 0.321. The van der Waals surface area contributed by atoms with Crippen LogP contribution in [0.15, 0.2) is 36.4 Å². The summed E-state index contributed by atoms with van der Waals surface area (Å²) in [6.45, 7) is 11.5. The van der Waals surface area contributed by atoms with E-state index in [4.69, 9.17) is 21.3 Å². The average molecular weight is 442 g/mol. The van der Waals surface area contributed by atoms with Crippen molar-refractivity contribution in [3.8, 4) is 5.75 Å². The lowest BCUT2D eigenvalue weighted by atomic mass is 10.0. The Kier molecular flexibility index (Phi) is 8.39. The zero-order chi connectivity index (χ0) is 22.4. The van der Waals surface area contributed by atoms with Gasteiger partial charge in [0.1, 0.15) is 5.75 Å². The predicted octanol–water partition coefficient (Wildman–Crippen LogP) is 7.14. The number of ether oxygens (including phenoxy) is 1. The predicted molar refractivity (Wildman–Crippen MR) is 135 cm³/mol. The van der Waals surface area contributed by atoms with Crippen molar-refractivity contribution in [3.05, 3.63) is 41.4 Å². The Balaban J connectivity index is 1.86. The molecule has 1 heterocycles. The van der Waals surface area contributed by atoms with E-state index in [9.17, 15) is 0 Å². The van der Waals surface area contributed by atoms with Gasteiger partial charge in [-0.1, -0.05) is 25.4 Å². The normalized spacial score (nSPS) is 13.6. The molecule has 2 atom stereocenters. The maximum atomic E-state index is 6.26. The molecule has 5 heteroatoms. The molecule has 1 N–H and O–H groups in total. The summed E-state index contributed by atoms with van der Waals surface area (Å²) < 4.78 is 5.48. The number of benzene rings is 2. The maximum Gasteiger partial charge on any atom is 0.119 e. The summed E-state index contributed by atoms with van der Waals surface area (Å²) in [6.07, 6.45) is 4.69. The summed E-state index contributed by atoms with van der Waals surface area (Å²) in [6, 6.07) is 12.9. The zero-order valence-electron chi connectivity index (χ0n) is 19.5. The summed E-state index contributed by atoms with van der Waals surface area (Å²) in [5.74, 6) is 0.835. The van der Waals surface area contributed by atoms with Crippen LogP contribution in [0.2, 0.25) is 5.02 Å². The fraction of sp³-hybridized carbons (Fsp3) is 0.500. The Morgan fingerprint density at radius 3 is 2.39 bits per heavy atom. The monoisotopic (exact) mass is 441 g/mol. The number of hydrogen-bond acceptors (Lipinski definition) is 4. The van der Waals surface area contributed by atoms with Crippen LogP contribution in [-0.4, -0.2) is 42.2 Å². The minimum absolute atomic E-state index is 0.336. The molecule has 2 aromatic carbocycles. The van der Waals surface area contributed by atoms with Gasteiger partial charge in [-0.2, -0.15) is 0 Å². The first-order chi connectivity index (χ1) is 15.0. The van der Waals surface area contributed by atoms with Crippen LogP contribution in [0.5, 0.6) is 5.75 Å². The van der Waals surface area contributed by atoms with Crippen LogP contribution in [0, 0.1) is 0 Å². The fourth-order valence-electron chi connectivity index (χ4n) is 4.30. The third-order valence-electron chi connectivity index (χ3n) is 6.00. The van der Waals surface area contributed by atoms with Gasteiger partial charge in [0, 0.05) is 27.9 Å². The fourth-order valence-corrected chi connectivity index (χ4v) is 4.46. The molecule has 0 spiro atoms. The van der Waals surface area contributed by atoms with Crippen molar-refractivity contribution in [2.75, 3.05) is 25.5 Å². The van der Waals surface area contributed by atoms with Crippen LogP contribution in [0.1, 0.15) is 53.4 Å². The number of nitrogens with zero attached hydrogens (tertiary/aromatic N) is 2. The van der Waals surface area contributed by atoms with Gasteiger partial charge in [0.2, 0.25) is 0 Å². The van der Waals surface area contributed by atoms with Crippen molar-refractivity contribution >= 4 is 39.1 Å². The highest BCUT2D eigenvalue weighted by Gasteiger charge is 2.16. The second-order valence-corrected chi connectivity index (χ2v) is 8.98. The molecule has 0 amide bonds. The number of pyridine rings is 1. The van der Waals surface area contributed by atoms with Gasteiger partial charge in [-0.25, -0.2) is 4.98 Å². The van der Waals surface area contributed by atoms with Gasteiger partial charge in [0.05, 0.1) is 23.8 Å². The van der Waals surface area contributed by atoms with E-state index in [0.717, 1.165) is 39.7 Å². The van der Waals surface area contributed by atoms with Gasteiger partial charge in [-0.05, 0) is 89.0 Å². The molecule has 0 saturated heterocycles. The number of nitrogens with one attached hydrogen (secondary N) is 1. The largest absolute Gasteiger partial charge is 0.497 e. The molecule has 4 nitrogen and oxygen atoms in total. The van der Waals surface area contributed by atoms with E-state index in [2.05, 4.69) is 50.0 Å². The molecule has 0 aliphatic heterocycles. The van der Waals surface area contributed by atoms with Crippen molar-refractivity contribution in [3.63, 3.8) is 0 Å². The van der Waals surface area contributed by atoms with Crippen LogP contribution in [-0.2, 0) is 0 Å². The summed E-state index contributed by atoms with van der Waals surface area (Å²) in [5, 5.41) is 6.66. The standard InChI is InChI=1S/C26H36ClN3O/c1-6-14-30(15-7-2)19(4)9-8-18(3)28-26-22-12-10-20(27)16-25(22)29-24-13-11-21(31-5)17-23(24)26/h10-13,16-19H,6-9,14-15H2,1-5H3,(H,28,29). The van der Waals surface area contributed by atoms with Crippen molar-refractivity contribution in [1.29, 1.82) is 0 Å². The molecule has 2 unspecified atom stereocenters. The van der Waals surface area contributed by atoms with Gasteiger partial charge in [-0.15, -0.1) is 0 Å². The summed E-state index contributed by atoms with van der Waals surface area (Å²) in [4.78, 5) is 7.46. The number of methoxy groups -OCH3 is 1. The third kappa shape index (κ3) is 5.81. The number of aromatic nitrogens is 1. The van der Waals surface area contributed by atoms with E-state index in [1.165, 1.54) is 32.4 Å². The van der Waals surface area contributed by atoms with Crippen LogP contribution < -0.4 is 10.1 Å². The van der Waals surface area contributed by atoms with Crippen molar-refractivity contribution in [2.45, 2.75) is 65.5 Å². The van der Waals surface area contributed by atoms with Crippen LogP contribution in [0.4, 0.5) is 5.69 Å². The van der Waals surface area contributed by atoms with E-state index in [-0.39, 0.29) is 0 Å². The average Bonchev–Trinajstić information content (AvgIpc) is 2.76. The molecule has 168 valence electrons. The second kappa shape index (κ2) is 11.0. The first-order valence-electron chi connectivity index (χ1n) is 11.5. The Morgan fingerprint density at radius 1 is 0.968 bits per heavy atom. The van der Waals surface area contributed by atoms with Crippen molar-refractivity contribution in [2.24, 2.45) is 0 Å². The summed E-state index contributed by atoms with van der Waals surface area (Å²) in [7, 11) is 1.70. The molecule has 0 aliphatic rings. The number of anilines is 1. The highest BCUT2D eigenvalue weighted by atomic mass is 35.5. The Bertz CT molecular complexity index is 1000. The molecule has 3 aromatic rings. The molecule has 1 aromatic heterocycles. The highest BCUT2D eigenvalue weighted by molar-refractivity contribution is 6.31. The third-order valence-corrected chi connectivity index (χ3v) is 6.23. The minimum atomic E-state index is 0.336. The van der Waals surface area contributed by atoms with E-state index in [1.54, 1.807) is 7.11 Å². The number of fused-ring (bicyclic) bond motifs is 2. The summed E-state index contributed by atoms with van der Waals surface area (Å²) in [5.41, 5.74) is 2.95. The number of halogens is 1. The Labute approximate surface area is 191 Å². The Hall–Kier alpha value is -2.04. The van der Waals surface area contributed by atoms with Crippen molar-refractivity contribution < 1.29 is 4.74 Å². The molecule has 0 bridgehead atoms. The molecular formula is C26H36ClN3O. The molecule has 0 saturated carbocycles. The van der Waals surface area contributed by atoms with Gasteiger partial charge in [0.15, 0.2) is 0 Å². The highest BCUT2D eigenvalue weighted by Crippen LogP contribution is 2.35. The lowest BCUT2D eigenvalue weighted by molar-refractivity contribution is 0.196. The zero-order valence-corrected chi connectivity index (χ0v) is 20.3. The first kappa shape index (κ1) is 23.6. The lowest BCUT2D eigenvalue weighted by Crippen LogP contribution is -2.35. The molecule has 0 radical (unpaired) electrons. The van der Waals surface area contributed by atoms with E-state index >= 15 is 0 Å². The Morgan fingerprint density at radius 2 is 1.71 bits per heavy atom. The van der Waals surface area contributed by atoms with Crippen LogP contribution >= 0.6 is 11.6 Å². The van der Waals surface area contributed by atoms with E-state index in [0.29, 0.717) is 17.1 Å². The maximum absolute atomic E-state index is 6.26. The number of rotatable bonds is 11. The van der Waals surface area contributed by atoms with Gasteiger partial charge in [-0.3, -0.25) is 0 Å². The topological polar surface area (TPSA) is 37.4 Å². The SMILES string of the molecule is CCCN(CCC)C(C)CCC(C)Nc1c2ccc(Cl)cc2nc2ccc(OC)cc12. The van der Waals surface area contributed by atoms with Crippen LogP contribution in [0.3, 0.4) is 0 Å². The lowest BCUT2D eigenvalue weighted by Gasteiger charge is -2.29. The van der Waals surface area contributed by atoms with Crippen molar-refractivity contribution in [1.82, 2.24) is 9.88 Å². The van der Waals surface area contributed by atoms with E-state index in [1.807, 2.05) is 24.3 Å². The van der Waals surface area contributed by atoms with Gasteiger partial charge < -0.3 is 15.0 Å². The first-order valence-corrected chi connectivity index (χ1v) is 11.9. The van der Waals surface area contributed by atoms with Gasteiger partial charge in [0.25, 0.3) is 0 Å². The molecule has 31 heavy (non-hydrogen) atoms. The molecule has 0 fully saturated rings. The molecular weight excluding hydrogens is 406 g/mol. The number of hydrogen-bond donors (Lipinski definition) is 1. The molecule has 0 aliphatic carbocycles. The summed E-state index contributed by atoms with van der Waals surface area (Å²) >= 11 is 6.26. The second-order valence-electron chi connectivity index (χ2n) is 8.54. The smallest absolute Gasteiger partial charge is 0.119 e.